The van der Waals surface area contributed by atoms with Crippen molar-refractivity contribution in [2.45, 2.75) is 31.8 Å². The van der Waals surface area contributed by atoms with Gasteiger partial charge in [0.2, 0.25) is 0 Å². The fourth-order valence-electron chi connectivity index (χ4n) is 2.15. The molecular weight excluding hydrogens is 224 g/mol. The van der Waals surface area contributed by atoms with Crippen LogP contribution in [0.1, 0.15) is 31.7 Å². The van der Waals surface area contributed by atoms with Crippen molar-refractivity contribution in [2.75, 3.05) is 0 Å². The average Bonchev–Trinajstić information content (AvgIpc) is 2.67. The van der Waals surface area contributed by atoms with Crippen molar-refractivity contribution in [3.05, 3.63) is 47.5 Å². The lowest BCUT2D eigenvalue weighted by Crippen LogP contribution is -2.20. The number of cyclic esters (lactones) is 1. The van der Waals surface area contributed by atoms with Crippen molar-refractivity contribution in [2.24, 2.45) is 0 Å². The zero-order valence-corrected chi connectivity index (χ0v) is 10.5. The number of terminal acetylenes is 1. The first kappa shape index (κ1) is 12.4. The highest BCUT2D eigenvalue weighted by atomic mass is 16.6. The van der Waals surface area contributed by atoms with Gasteiger partial charge in [0.15, 0.2) is 5.60 Å². The summed E-state index contributed by atoms with van der Waals surface area (Å²) in [7, 11) is 0. The summed E-state index contributed by atoms with van der Waals surface area (Å²) in [4.78, 5) is 11.8. The van der Waals surface area contributed by atoms with E-state index in [4.69, 9.17) is 11.2 Å². The summed E-state index contributed by atoms with van der Waals surface area (Å²) >= 11 is 0. The van der Waals surface area contributed by atoms with Crippen molar-refractivity contribution < 1.29 is 9.53 Å². The van der Waals surface area contributed by atoms with Crippen LogP contribution in [0.25, 0.3) is 0 Å². The largest absolute Gasteiger partial charge is 0.447 e. The lowest BCUT2D eigenvalue weighted by Gasteiger charge is -2.21. The molecule has 1 aliphatic rings. The van der Waals surface area contributed by atoms with Crippen LogP contribution in [0, 0.1) is 12.3 Å². The molecule has 1 atom stereocenters. The SMILES string of the molecule is C#CCCCC1=C[C@@](C)(c2ccccc2)OC1=O. The van der Waals surface area contributed by atoms with Crippen molar-refractivity contribution in [1.29, 1.82) is 0 Å². The van der Waals surface area contributed by atoms with Crippen LogP contribution in [0.5, 0.6) is 0 Å². The van der Waals surface area contributed by atoms with Gasteiger partial charge in [0.05, 0.1) is 0 Å². The van der Waals surface area contributed by atoms with Gasteiger partial charge >= 0.3 is 5.97 Å². The molecule has 1 aliphatic heterocycles. The zero-order valence-electron chi connectivity index (χ0n) is 10.5. The third-order valence-corrected chi connectivity index (χ3v) is 3.13. The van der Waals surface area contributed by atoms with E-state index >= 15 is 0 Å². The van der Waals surface area contributed by atoms with Crippen LogP contribution in [0.15, 0.2) is 42.0 Å². The zero-order chi connectivity index (χ0) is 13.0. The van der Waals surface area contributed by atoms with Crippen molar-refractivity contribution in [1.82, 2.24) is 0 Å². The number of esters is 1. The molecule has 0 aromatic heterocycles. The van der Waals surface area contributed by atoms with Gasteiger partial charge in [-0.25, -0.2) is 4.79 Å². The second-order valence-corrected chi connectivity index (χ2v) is 4.59. The van der Waals surface area contributed by atoms with Gasteiger partial charge in [-0.05, 0) is 31.4 Å². The molecule has 2 rings (SSSR count). The quantitative estimate of drug-likeness (QED) is 0.459. The number of benzene rings is 1. The number of rotatable bonds is 4. The summed E-state index contributed by atoms with van der Waals surface area (Å²) < 4.78 is 5.50. The molecule has 1 aromatic rings. The second-order valence-electron chi connectivity index (χ2n) is 4.59. The van der Waals surface area contributed by atoms with Crippen LogP contribution >= 0.6 is 0 Å². The monoisotopic (exact) mass is 240 g/mol. The third kappa shape index (κ3) is 2.46. The molecule has 2 nitrogen and oxygen atoms in total. The van der Waals surface area contributed by atoms with Gasteiger partial charge in [0.1, 0.15) is 0 Å². The van der Waals surface area contributed by atoms with Crippen molar-refractivity contribution >= 4 is 5.97 Å². The van der Waals surface area contributed by atoms with E-state index in [0.717, 1.165) is 17.6 Å². The van der Waals surface area contributed by atoms with Gasteiger partial charge in [0.25, 0.3) is 0 Å². The highest BCUT2D eigenvalue weighted by Crippen LogP contribution is 2.35. The molecule has 18 heavy (non-hydrogen) atoms. The molecule has 2 heteroatoms. The smallest absolute Gasteiger partial charge is 0.335 e. The van der Waals surface area contributed by atoms with E-state index in [2.05, 4.69) is 5.92 Å². The topological polar surface area (TPSA) is 26.3 Å². The molecule has 0 fully saturated rings. The first-order chi connectivity index (χ1) is 8.65. The Morgan fingerprint density at radius 2 is 2.06 bits per heavy atom. The molecule has 0 amide bonds. The molecule has 1 heterocycles. The van der Waals surface area contributed by atoms with Gasteiger partial charge in [-0.15, -0.1) is 12.3 Å². The van der Waals surface area contributed by atoms with Crippen LogP contribution in [0.3, 0.4) is 0 Å². The van der Waals surface area contributed by atoms with Crippen LogP contribution < -0.4 is 0 Å². The Hall–Kier alpha value is -2.01. The standard InChI is InChI=1S/C16H16O2/c1-3-4-6-9-13-12-16(2,18-15(13)17)14-10-7-5-8-11-14/h1,5,7-8,10-12H,4,6,9H2,2H3/t16-/m0/s1. The maximum absolute atomic E-state index is 11.8. The first-order valence-corrected chi connectivity index (χ1v) is 6.10. The van der Waals surface area contributed by atoms with Crippen LogP contribution in [-0.2, 0) is 15.1 Å². The number of hydrogen-bond acceptors (Lipinski definition) is 2. The summed E-state index contributed by atoms with van der Waals surface area (Å²) in [5, 5.41) is 0. The molecule has 0 spiro atoms. The highest BCUT2D eigenvalue weighted by molar-refractivity contribution is 5.91. The van der Waals surface area contributed by atoms with Gasteiger partial charge in [-0.3, -0.25) is 0 Å². The highest BCUT2D eigenvalue weighted by Gasteiger charge is 2.36. The Kier molecular flexibility index (Phi) is 3.53. The van der Waals surface area contributed by atoms with Crippen molar-refractivity contribution in [3.8, 4) is 12.3 Å². The molecule has 0 saturated carbocycles. The Bertz CT molecular complexity index is 508. The van der Waals surface area contributed by atoms with Crippen LogP contribution in [0.4, 0.5) is 0 Å². The van der Waals surface area contributed by atoms with E-state index < -0.39 is 5.60 Å². The second kappa shape index (κ2) is 5.10. The minimum atomic E-state index is -0.635. The van der Waals surface area contributed by atoms with E-state index in [9.17, 15) is 4.79 Å². The molecule has 0 N–H and O–H groups in total. The Labute approximate surface area is 108 Å². The van der Waals surface area contributed by atoms with Gasteiger partial charge < -0.3 is 4.74 Å². The Balaban J connectivity index is 2.17. The summed E-state index contributed by atoms with van der Waals surface area (Å²) in [5.74, 6) is 2.36. The predicted molar refractivity (Wildman–Crippen MR) is 70.7 cm³/mol. The number of ether oxygens (including phenoxy) is 1. The first-order valence-electron chi connectivity index (χ1n) is 6.10. The van der Waals surface area contributed by atoms with Crippen LogP contribution in [-0.4, -0.2) is 5.97 Å². The van der Waals surface area contributed by atoms with E-state index in [0.29, 0.717) is 12.8 Å². The van der Waals surface area contributed by atoms with E-state index in [1.165, 1.54) is 0 Å². The summed E-state index contributed by atoms with van der Waals surface area (Å²) in [6.07, 6.45) is 9.32. The van der Waals surface area contributed by atoms with E-state index in [-0.39, 0.29) is 5.97 Å². The molecule has 0 bridgehead atoms. The summed E-state index contributed by atoms with van der Waals surface area (Å²) in [6, 6.07) is 9.76. The maximum Gasteiger partial charge on any atom is 0.335 e. The number of unbranched alkanes of at least 4 members (excludes halogenated alkanes) is 1. The van der Waals surface area contributed by atoms with Gasteiger partial charge in [-0.1, -0.05) is 30.3 Å². The fraction of sp³-hybridized carbons (Fsp3) is 0.312. The fourth-order valence-corrected chi connectivity index (χ4v) is 2.15. The number of carbonyl (C=O) groups is 1. The Morgan fingerprint density at radius 1 is 1.33 bits per heavy atom. The molecule has 1 aromatic carbocycles. The minimum Gasteiger partial charge on any atom is -0.447 e. The average molecular weight is 240 g/mol. The number of hydrogen-bond donors (Lipinski definition) is 0. The number of carbonyl (C=O) groups excluding carboxylic acids is 1. The van der Waals surface area contributed by atoms with Crippen molar-refractivity contribution in [3.63, 3.8) is 0 Å². The Morgan fingerprint density at radius 3 is 2.72 bits per heavy atom. The molecule has 0 radical (unpaired) electrons. The lowest BCUT2D eigenvalue weighted by molar-refractivity contribution is -0.146. The lowest BCUT2D eigenvalue weighted by atomic mass is 9.94. The molecule has 0 saturated heterocycles. The van der Waals surface area contributed by atoms with Crippen LogP contribution in [0.2, 0.25) is 0 Å². The van der Waals surface area contributed by atoms with E-state index in [1.54, 1.807) is 0 Å². The van der Waals surface area contributed by atoms with Gasteiger partial charge in [-0.2, -0.15) is 0 Å². The molecule has 0 unspecified atom stereocenters. The molecule has 92 valence electrons. The predicted octanol–water partition coefficient (Wildman–Crippen LogP) is 3.19. The third-order valence-electron chi connectivity index (χ3n) is 3.13. The minimum absolute atomic E-state index is 0.224. The normalized spacial score (nSPS) is 22.2. The van der Waals surface area contributed by atoms with Gasteiger partial charge in [0, 0.05) is 12.0 Å². The maximum atomic E-state index is 11.8. The molecular formula is C16H16O2. The summed E-state index contributed by atoms with van der Waals surface area (Å²) in [6.45, 7) is 1.91. The summed E-state index contributed by atoms with van der Waals surface area (Å²) in [5.41, 5.74) is 1.09. The van der Waals surface area contributed by atoms with E-state index in [1.807, 2.05) is 43.3 Å². The molecule has 0 aliphatic carbocycles.